The van der Waals surface area contributed by atoms with Gasteiger partial charge < -0.3 is 0 Å². The Morgan fingerprint density at radius 2 is 2.18 bits per heavy atom. The zero-order valence-electron chi connectivity index (χ0n) is 8.32. The van der Waals surface area contributed by atoms with Crippen molar-refractivity contribution in [3.05, 3.63) is 34.7 Å². The molecule has 0 unspecified atom stereocenters. The first-order valence-electron chi connectivity index (χ1n) is 4.54. The Labute approximate surface area is 105 Å². The molecule has 0 aliphatic heterocycles. The molecular formula is C9H6Cl2F2N4. The summed E-state index contributed by atoms with van der Waals surface area (Å²) in [4.78, 5) is 0. The highest BCUT2D eigenvalue weighted by atomic mass is 35.5. The van der Waals surface area contributed by atoms with Gasteiger partial charge in [-0.1, -0.05) is 11.6 Å². The van der Waals surface area contributed by atoms with E-state index >= 15 is 0 Å². The predicted octanol–water partition coefficient (Wildman–Crippen LogP) is 2.99. The highest BCUT2D eigenvalue weighted by molar-refractivity contribution is 6.31. The lowest BCUT2D eigenvalue weighted by Crippen LogP contribution is -2.01. The molecule has 0 radical (unpaired) electrons. The van der Waals surface area contributed by atoms with Gasteiger partial charge in [-0.05, 0) is 12.1 Å². The van der Waals surface area contributed by atoms with Crippen LogP contribution >= 0.6 is 23.2 Å². The minimum atomic E-state index is -2.74. The van der Waals surface area contributed by atoms with Gasteiger partial charge in [-0.3, -0.25) is 0 Å². The second kappa shape index (κ2) is 4.93. The maximum atomic E-state index is 12.7. The molecule has 0 saturated carbocycles. The molecule has 0 fully saturated rings. The molecule has 2 rings (SSSR count). The third-order valence-electron chi connectivity index (χ3n) is 2.07. The molecule has 0 saturated heterocycles. The highest BCUT2D eigenvalue weighted by Gasteiger charge is 2.23. The van der Waals surface area contributed by atoms with Gasteiger partial charge in [0.2, 0.25) is 0 Å². The number of rotatable bonds is 3. The molecule has 0 N–H and O–H groups in total. The van der Waals surface area contributed by atoms with Gasteiger partial charge >= 0.3 is 0 Å². The van der Waals surface area contributed by atoms with Crippen LogP contribution in [0.25, 0.3) is 5.82 Å². The molecule has 4 nitrogen and oxygen atoms in total. The van der Waals surface area contributed by atoms with Crippen molar-refractivity contribution in [2.24, 2.45) is 0 Å². The summed E-state index contributed by atoms with van der Waals surface area (Å²) in [6, 6.07) is 3.15. The lowest BCUT2D eigenvalue weighted by atomic mass is 10.3. The molecule has 90 valence electrons. The second-order valence-corrected chi connectivity index (χ2v) is 3.71. The van der Waals surface area contributed by atoms with Gasteiger partial charge in [0.1, 0.15) is 10.8 Å². The minimum Gasteiger partial charge on any atom is -0.203 e. The predicted molar refractivity (Wildman–Crippen MR) is 58.7 cm³/mol. The number of alkyl halides is 3. The smallest absolute Gasteiger partial charge is 0.203 e. The number of aromatic nitrogens is 4. The van der Waals surface area contributed by atoms with E-state index in [0.29, 0.717) is 0 Å². The van der Waals surface area contributed by atoms with E-state index in [1.165, 1.54) is 6.20 Å². The average molecular weight is 279 g/mol. The zero-order valence-corrected chi connectivity index (χ0v) is 9.83. The third kappa shape index (κ3) is 2.23. The molecule has 0 bridgehead atoms. The Morgan fingerprint density at radius 3 is 2.65 bits per heavy atom. The van der Waals surface area contributed by atoms with E-state index in [1.54, 1.807) is 12.1 Å². The SMILES string of the molecule is FC(F)c1nn(-c2cccnn2)c(Cl)c1CCl. The van der Waals surface area contributed by atoms with Crippen LogP contribution < -0.4 is 0 Å². The summed E-state index contributed by atoms with van der Waals surface area (Å²) in [6.45, 7) is 0. The first kappa shape index (κ1) is 12.2. The third-order valence-corrected chi connectivity index (χ3v) is 2.72. The van der Waals surface area contributed by atoms with Crippen LogP contribution in [-0.4, -0.2) is 20.0 Å². The van der Waals surface area contributed by atoms with E-state index < -0.39 is 12.1 Å². The van der Waals surface area contributed by atoms with Gasteiger partial charge in [0, 0.05) is 11.8 Å². The molecular weight excluding hydrogens is 273 g/mol. The number of halogens is 4. The van der Waals surface area contributed by atoms with Crippen molar-refractivity contribution < 1.29 is 8.78 Å². The van der Waals surface area contributed by atoms with Crippen LogP contribution in [0.3, 0.4) is 0 Å². The standard InChI is InChI=1S/C9H6Cl2F2N4/c10-4-5-7(9(12)13)16-17(8(5)11)6-2-1-3-14-15-6/h1-3,9H,4H2. The van der Waals surface area contributed by atoms with Crippen LogP contribution in [0.5, 0.6) is 0 Å². The molecule has 17 heavy (non-hydrogen) atoms. The maximum Gasteiger partial charge on any atom is 0.282 e. The first-order valence-corrected chi connectivity index (χ1v) is 5.46. The Bertz CT molecular complexity index is 515. The maximum absolute atomic E-state index is 12.7. The van der Waals surface area contributed by atoms with E-state index in [4.69, 9.17) is 23.2 Å². The molecule has 0 amide bonds. The van der Waals surface area contributed by atoms with E-state index in [-0.39, 0.29) is 22.4 Å². The number of nitrogens with zero attached hydrogens (tertiary/aromatic N) is 4. The minimum absolute atomic E-state index is 0.0239. The van der Waals surface area contributed by atoms with Gasteiger partial charge in [-0.15, -0.1) is 16.7 Å². The fourth-order valence-corrected chi connectivity index (χ4v) is 1.92. The normalized spacial score (nSPS) is 11.1. The number of hydrogen-bond donors (Lipinski definition) is 0. The van der Waals surface area contributed by atoms with E-state index in [9.17, 15) is 8.78 Å². The van der Waals surface area contributed by atoms with Gasteiger partial charge in [0.15, 0.2) is 5.82 Å². The Hall–Kier alpha value is -1.27. The fourth-order valence-electron chi connectivity index (χ4n) is 1.30. The summed E-state index contributed by atoms with van der Waals surface area (Å²) in [5.41, 5.74) is -0.329. The topological polar surface area (TPSA) is 43.6 Å². The quantitative estimate of drug-likeness (QED) is 0.811. The Kier molecular flexibility index (Phi) is 3.54. The molecule has 8 heteroatoms. The molecule has 0 aromatic carbocycles. The highest BCUT2D eigenvalue weighted by Crippen LogP contribution is 2.30. The summed E-state index contributed by atoms with van der Waals surface area (Å²) >= 11 is 11.5. The molecule has 0 spiro atoms. The monoisotopic (exact) mass is 278 g/mol. The van der Waals surface area contributed by atoms with Gasteiger partial charge in [-0.25, -0.2) is 13.5 Å². The Balaban J connectivity index is 2.57. The van der Waals surface area contributed by atoms with Crippen LogP contribution in [0.15, 0.2) is 18.3 Å². The Morgan fingerprint density at radius 1 is 1.41 bits per heavy atom. The van der Waals surface area contributed by atoms with Gasteiger partial charge in [0.25, 0.3) is 6.43 Å². The van der Waals surface area contributed by atoms with Crippen molar-refractivity contribution in [2.75, 3.05) is 0 Å². The largest absolute Gasteiger partial charge is 0.282 e. The van der Waals surface area contributed by atoms with Crippen LogP contribution in [0.1, 0.15) is 17.7 Å². The summed E-state index contributed by atoms with van der Waals surface area (Å²) in [7, 11) is 0. The fraction of sp³-hybridized carbons (Fsp3) is 0.222. The molecule has 2 aromatic heterocycles. The lowest BCUT2D eigenvalue weighted by molar-refractivity contribution is 0.144. The van der Waals surface area contributed by atoms with Crippen LogP contribution in [-0.2, 0) is 5.88 Å². The summed E-state index contributed by atoms with van der Waals surface area (Å²) in [5, 5.41) is 11.1. The molecule has 0 aliphatic carbocycles. The van der Waals surface area contributed by atoms with Crippen molar-refractivity contribution in [3.63, 3.8) is 0 Å². The first-order chi connectivity index (χ1) is 8.15. The number of hydrogen-bond acceptors (Lipinski definition) is 3. The second-order valence-electron chi connectivity index (χ2n) is 3.08. The van der Waals surface area contributed by atoms with Crippen molar-refractivity contribution in [1.82, 2.24) is 20.0 Å². The van der Waals surface area contributed by atoms with Crippen molar-refractivity contribution in [1.29, 1.82) is 0 Å². The molecule has 2 aromatic rings. The summed E-state index contributed by atoms with van der Waals surface area (Å²) in [6.07, 6.45) is -1.28. The average Bonchev–Trinajstić information content (AvgIpc) is 2.67. The summed E-state index contributed by atoms with van der Waals surface area (Å²) in [5.74, 6) is 0.120. The van der Waals surface area contributed by atoms with Crippen molar-refractivity contribution in [3.8, 4) is 5.82 Å². The van der Waals surface area contributed by atoms with Gasteiger partial charge in [-0.2, -0.15) is 10.2 Å². The molecule has 0 aliphatic rings. The van der Waals surface area contributed by atoms with Crippen molar-refractivity contribution >= 4 is 23.2 Å². The molecule has 2 heterocycles. The van der Waals surface area contributed by atoms with Crippen molar-refractivity contribution in [2.45, 2.75) is 12.3 Å². The lowest BCUT2D eigenvalue weighted by Gasteiger charge is -1.99. The van der Waals surface area contributed by atoms with Crippen LogP contribution in [0.4, 0.5) is 8.78 Å². The zero-order chi connectivity index (χ0) is 12.4. The van der Waals surface area contributed by atoms with Crippen LogP contribution in [0.2, 0.25) is 5.15 Å². The molecule has 0 atom stereocenters. The van der Waals surface area contributed by atoms with E-state index in [0.717, 1.165) is 4.68 Å². The van der Waals surface area contributed by atoms with Crippen LogP contribution in [0, 0.1) is 0 Å². The van der Waals surface area contributed by atoms with Gasteiger partial charge in [0.05, 0.1) is 5.88 Å². The van der Waals surface area contributed by atoms with E-state index in [1.807, 2.05) is 0 Å². The van der Waals surface area contributed by atoms with E-state index in [2.05, 4.69) is 15.3 Å². The summed E-state index contributed by atoms with van der Waals surface area (Å²) < 4.78 is 26.5.